The van der Waals surface area contributed by atoms with Gasteiger partial charge in [-0.3, -0.25) is 9.59 Å². The second kappa shape index (κ2) is 8.61. The largest absolute Gasteiger partial charge is 0.353 e. The quantitative estimate of drug-likeness (QED) is 0.684. The first kappa shape index (κ1) is 19.5. The zero-order valence-corrected chi connectivity index (χ0v) is 16.6. The molecule has 0 heterocycles. The number of benzene rings is 2. The van der Waals surface area contributed by atoms with Crippen LogP contribution in [0.4, 0.5) is 0 Å². The molecule has 1 aliphatic carbocycles. The third-order valence-electron chi connectivity index (χ3n) is 4.77. The van der Waals surface area contributed by atoms with E-state index in [9.17, 15) is 9.59 Å². The van der Waals surface area contributed by atoms with Gasteiger partial charge in [-0.15, -0.1) is 11.8 Å². The van der Waals surface area contributed by atoms with Crippen LogP contribution in [0.1, 0.15) is 42.6 Å². The average Bonchev–Trinajstić information content (AvgIpc) is 3.46. The lowest BCUT2D eigenvalue weighted by Gasteiger charge is -2.17. The number of carbonyl (C=O) groups excluding carboxylic acids is 2. The summed E-state index contributed by atoms with van der Waals surface area (Å²) >= 11 is 1.40. The zero-order valence-electron chi connectivity index (χ0n) is 15.8. The molecule has 2 aromatic carbocycles. The van der Waals surface area contributed by atoms with Gasteiger partial charge in [-0.1, -0.05) is 42.5 Å². The van der Waals surface area contributed by atoms with Gasteiger partial charge in [0.15, 0.2) is 0 Å². The smallest absolute Gasteiger partial charge is 0.252 e. The second-order valence-corrected chi connectivity index (χ2v) is 8.35. The standard InChI is InChI=1S/C22H26N2O2S/c1-16(2)24-20(25)14-27-19-11-7-6-10-18(19)21(26)23-15-22(12-13-22)17-8-4-3-5-9-17/h3-11,16H,12-15H2,1-2H3,(H,23,26)(H,24,25). The fourth-order valence-corrected chi connectivity index (χ4v) is 4.00. The number of amides is 2. The van der Waals surface area contributed by atoms with Crippen molar-refractivity contribution in [2.45, 2.75) is 43.0 Å². The Morgan fingerprint density at radius 2 is 1.70 bits per heavy atom. The molecule has 5 heteroatoms. The summed E-state index contributed by atoms with van der Waals surface area (Å²) < 4.78 is 0. The van der Waals surface area contributed by atoms with Crippen molar-refractivity contribution in [2.24, 2.45) is 0 Å². The van der Waals surface area contributed by atoms with E-state index in [0.29, 0.717) is 17.9 Å². The molecule has 1 fully saturated rings. The van der Waals surface area contributed by atoms with Gasteiger partial charge in [-0.25, -0.2) is 0 Å². The highest BCUT2D eigenvalue weighted by Crippen LogP contribution is 2.47. The van der Waals surface area contributed by atoms with Crippen LogP contribution in [0.25, 0.3) is 0 Å². The van der Waals surface area contributed by atoms with Gasteiger partial charge < -0.3 is 10.6 Å². The van der Waals surface area contributed by atoms with E-state index in [1.165, 1.54) is 17.3 Å². The third kappa shape index (κ3) is 5.13. The summed E-state index contributed by atoms with van der Waals surface area (Å²) in [6.45, 7) is 4.51. The fourth-order valence-electron chi connectivity index (χ4n) is 3.14. The first-order valence-corrected chi connectivity index (χ1v) is 10.3. The van der Waals surface area contributed by atoms with Crippen LogP contribution in [0.5, 0.6) is 0 Å². The highest BCUT2D eigenvalue weighted by molar-refractivity contribution is 8.00. The Morgan fingerprint density at radius 3 is 2.37 bits per heavy atom. The Kier molecular flexibility index (Phi) is 6.22. The van der Waals surface area contributed by atoms with Crippen LogP contribution in [0.2, 0.25) is 0 Å². The molecular weight excluding hydrogens is 356 g/mol. The van der Waals surface area contributed by atoms with Gasteiger partial charge in [0.25, 0.3) is 5.91 Å². The summed E-state index contributed by atoms with van der Waals surface area (Å²) in [5, 5.41) is 5.98. The van der Waals surface area contributed by atoms with Gasteiger partial charge in [-0.05, 0) is 44.4 Å². The zero-order chi connectivity index (χ0) is 19.3. The van der Waals surface area contributed by atoms with Gasteiger partial charge in [0.1, 0.15) is 0 Å². The topological polar surface area (TPSA) is 58.2 Å². The molecule has 142 valence electrons. The molecule has 0 saturated heterocycles. The summed E-state index contributed by atoms with van der Waals surface area (Å²) in [6, 6.07) is 18.0. The molecule has 0 bridgehead atoms. The number of carbonyl (C=O) groups is 2. The molecule has 3 rings (SSSR count). The van der Waals surface area contributed by atoms with Crippen LogP contribution >= 0.6 is 11.8 Å². The molecule has 0 spiro atoms. The van der Waals surface area contributed by atoms with Crippen LogP contribution in [0, 0.1) is 0 Å². The Hall–Kier alpha value is -2.27. The fraction of sp³-hybridized carbons (Fsp3) is 0.364. The predicted molar refractivity (Wildman–Crippen MR) is 110 cm³/mol. The van der Waals surface area contributed by atoms with Gasteiger partial charge >= 0.3 is 0 Å². The number of hydrogen-bond acceptors (Lipinski definition) is 3. The van der Waals surface area contributed by atoms with Crippen LogP contribution < -0.4 is 10.6 Å². The van der Waals surface area contributed by atoms with E-state index in [1.807, 2.05) is 56.3 Å². The SMILES string of the molecule is CC(C)NC(=O)CSc1ccccc1C(=O)NCC1(c2ccccc2)CC1. The lowest BCUT2D eigenvalue weighted by Crippen LogP contribution is -2.33. The average molecular weight is 383 g/mol. The lowest BCUT2D eigenvalue weighted by atomic mass is 9.96. The first-order valence-electron chi connectivity index (χ1n) is 9.35. The lowest BCUT2D eigenvalue weighted by molar-refractivity contribution is -0.119. The maximum Gasteiger partial charge on any atom is 0.252 e. The highest BCUT2D eigenvalue weighted by atomic mass is 32.2. The minimum absolute atomic E-state index is 0.0220. The van der Waals surface area contributed by atoms with Gasteiger partial charge in [0.05, 0.1) is 11.3 Å². The molecule has 4 nitrogen and oxygen atoms in total. The molecule has 1 aliphatic rings. The molecular formula is C22H26N2O2S. The monoisotopic (exact) mass is 382 g/mol. The summed E-state index contributed by atoms with van der Waals surface area (Å²) in [7, 11) is 0. The minimum Gasteiger partial charge on any atom is -0.353 e. The van der Waals surface area contributed by atoms with Crippen molar-refractivity contribution < 1.29 is 9.59 Å². The Morgan fingerprint density at radius 1 is 1.04 bits per heavy atom. The van der Waals surface area contributed by atoms with E-state index in [2.05, 4.69) is 22.8 Å². The molecule has 0 aromatic heterocycles. The minimum atomic E-state index is -0.0791. The number of nitrogens with one attached hydrogen (secondary N) is 2. The Labute approximate surface area is 165 Å². The summed E-state index contributed by atoms with van der Waals surface area (Å²) in [5.41, 5.74) is 2.00. The van der Waals surface area contributed by atoms with E-state index in [4.69, 9.17) is 0 Å². The summed E-state index contributed by atoms with van der Waals surface area (Å²) in [5.74, 6) is 0.201. The van der Waals surface area contributed by atoms with E-state index in [-0.39, 0.29) is 23.3 Å². The van der Waals surface area contributed by atoms with Gasteiger partial charge in [-0.2, -0.15) is 0 Å². The van der Waals surface area contributed by atoms with E-state index in [1.54, 1.807) is 0 Å². The van der Waals surface area contributed by atoms with Gasteiger partial charge in [0.2, 0.25) is 5.91 Å². The number of rotatable bonds is 8. The third-order valence-corrected chi connectivity index (χ3v) is 5.84. The molecule has 2 aromatic rings. The molecule has 2 N–H and O–H groups in total. The van der Waals surface area contributed by atoms with Crippen molar-refractivity contribution in [3.63, 3.8) is 0 Å². The molecule has 27 heavy (non-hydrogen) atoms. The van der Waals surface area contributed by atoms with Crippen molar-refractivity contribution in [1.29, 1.82) is 0 Å². The molecule has 0 atom stereocenters. The predicted octanol–water partition coefficient (Wildman–Crippen LogP) is 3.76. The van der Waals surface area contributed by atoms with Crippen molar-refractivity contribution >= 4 is 23.6 Å². The molecule has 0 aliphatic heterocycles. The van der Waals surface area contributed by atoms with E-state index >= 15 is 0 Å². The maximum absolute atomic E-state index is 12.8. The van der Waals surface area contributed by atoms with Crippen molar-refractivity contribution in [3.8, 4) is 0 Å². The van der Waals surface area contributed by atoms with E-state index < -0.39 is 0 Å². The normalized spacial score (nSPS) is 14.6. The molecule has 1 saturated carbocycles. The van der Waals surface area contributed by atoms with Crippen molar-refractivity contribution in [3.05, 3.63) is 65.7 Å². The van der Waals surface area contributed by atoms with Crippen LogP contribution in [0.3, 0.4) is 0 Å². The Bertz CT molecular complexity index is 801. The maximum atomic E-state index is 12.8. The number of thioether (sulfide) groups is 1. The summed E-state index contributed by atoms with van der Waals surface area (Å²) in [4.78, 5) is 25.5. The van der Waals surface area contributed by atoms with Gasteiger partial charge in [0, 0.05) is 22.9 Å². The number of hydrogen-bond donors (Lipinski definition) is 2. The highest BCUT2D eigenvalue weighted by Gasteiger charge is 2.44. The molecule has 0 unspecified atom stereocenters. The first-order chi connectivity index (χ1) is 13.0. The van der Waals surface area contributed by atoms with Crippen LogP contribution in [-0.4, -0.2) is 30.2 Å². The molecule has 2 amide bonds. The van der Waals surface area contributed by atoms with E-state index in [0.717, 1.165) is 17.7 Å². The van der Waals surface area contributed by atoms with Crippen molar-refractivity contribution in [2.75, 3.05) is 12.3 Å². The van der Waals surface area contributed by atoms with Crippen LogP contribution in [0.15, 0.2) is 59.5 Å². The Balaban J connectivity index is 1.61. The van der Waals surface area contributed by atoms with Crippen LogP contribution in [-0.2, 0) is 10.2 Å². The molecule has 0 radical (unpaired) electrons. The summed E-state index contributed by atoms with van der Waals surface area (Å²) in [6.07, 6.45) is 2.20. The van der Waals surface area contributed by atoms with Crippen molar-refractivity contribution in [1.82, 2.24) is 10.6 Å². The second-order valence-electron chi connectivity index (χ2n) is 7.34.